The lowest BCUT2D eigenvalue weighted by atomic mass is 10.1. The smallest absolute Gasteiger partial charge is 0.138 e. The highest BCUT2D eigenvalue weighted by Gasteiger charge is 2.06. The number of hydrogen-bond acceptors (Lipinski definition) is 3. The summed E-state index contributed by atoms with van der Waals surface area (Å²) in [5.74, 6) is 0.749. The van der Waals surface area contributed by atoms with Crippen LogP contribution in [-0.2, 0) is 0 Å². The van der Waals surface area contributed by atoms with Crippen molar-refractivity contribution in [1.29, 1.82) is 0 Å². The van der Waals surface area contributed by atoms with Gasteiger partial charge in [-0.1, -0.05) is 11.6 Å². The molecule has 0 bridgehead atoms. The highest BCUT2D eigenvalue weighted by molar-refractivity contribution is 6.31. The van der Waals surface area contributed by atoms with Gasteiger partial charge in [0, 0.05) is 10.6 Å². The minimum Gasteiger partial charge on any atom is -0.397 e. The molecule has 18 heavy (non-hydrogen) atoms. The number of nitrogens with one attached hydrogen (secondary N) is 1. The SMILES string of the molecule is Nc1ccc(-c2nc3cc(Cl)ccc3[nH]2)cc1N. The van der Waals surface area contributed by atoms with Crippen molar-refractivity contribution >= 4 is 34.0 Å². The first kappa shape index (κ1) is 10.9. The molecule has 0 aliphatic carbocycles. The van der Waals surface area contributed by atoms with Crippen molar-refractivity contribution in [3.05, 3.63) is 41.4 Å². The van der Waals surface area contributed by atoms with Crippen LogP contribution in [0.2, 0.25) is 5.02 Å². The van der Waals surface area contributed by atoms with Gasteiger partial charge in [0.2, 0.25) is 0 Å². The molecule has 5 heteroatoms. The standard InChI is InChI=1S/C13H11ClN4/c14-8-2-4-11-12(6-8)18-13(17-11)7-1-3-9(15)10(16)5-7/h1-6H,15-16H2,(H,17,18). The fraction of sp³-hybridized carbons (Fsp3) is 0. The molecule has 0 amide bonds. The maximum atomic E-state index is 5.93. The third-order valence-corrected chi connectivity index (χ3v) is 3.04. The van der Waals surface area contributed by atoms with E-state index in [1.165, 1.54) is 0 Å². The summed E-state index contributed by atoms with van der Waals surface area (Å²) in [6.07, 6.45) is 0. The maximum absolute atomic E-state index is 5.93. The lowest BCUT2D eigenvalue weighted by molar-refractivity contribution is 1.34. The number of imidazole rings is 1. The normalized spacial score (nSPS) is 10.9. The molecular formula is C13H11ClN4. The van der Waals surface area contributed by atoms with Crippen LogP contribution in [0, 0.1) is 0 Å². The first-order chi connectivity index (χ1) is 8.63. The molecule has 0 spiro atoms. The molecule has 0 fully saturated rings. The number of rotatable bonds is 1. The predicted molar refractivity (Wildman–Crippen MR) is 75.4 cm³/mol. The molecule has 0 saturated heterocycles. The lowest BCUT2D eigenvalue weighted by Crippen LogP contribution is -1.94. The number of benzene rings is 2. The molecule has 2 aromatic carbocycles. The Labute approximate surface area is 109 Å². The van der Waals surface area contributed by atoms with Gasteiger partial charge < -0.3 is 16.5 Å². The summed E-state index contributed by atoms with van der Waals surface area (Å²) in [7, 11) is 0. The average Bonchev–Trinajstić information content (AvgIpc) is 2.75. The first-order valence-corrected chi connectivity index (χ1v) is 5.82. The van der Waals surface area contributed by atoms with Crippen LogP contribution < -0.4 is 11.5 Å². The fourth-order valence-corrected chi connectivity index (χ4v) is 2.00. The molecular weight excluding hydrogens is 248 g/mol. The van der Waals surface area contributed by atoms with Gasteiger partial charge in [-0.15, -0.1) is 0 Å². The van der Waals surface area contributed by atoms with Crippen LogP contribution >= 0.6 is 11.6 Å². The van der Waals surface area contributed by atoms with Gasteiger partial charge in [0.05, 0.1) is 22.4 Å². The second-order valence-corrected chi connectivity index (χ2v) is 4.53. The topological polar surface area (TPSA) is 80.7 Å². The Morgan fingerprint density at radius 1 is 1.00 bits per heavy atom. The molecule has 90 valence electrons. The summed E-state index contributed by atoms with van der Waals surface area (Å²) in [4.78, 5) is 7.70. The van der Waals surface area contributed by atoms with Crippen molar-refractivity contribution in [3.63, 3.8) is 0 Å². The van der Waals surface area contributed by atoms with Crippen molar-refractivity contribution in [2.45, 2.75) is 0 Å². The highest BCUT2D eigenvalue weighted by Crippen LogP contribution is 2.26. The summed E-state index contributed by atoms with van der Waals surface area (Å²) in [6, 6.07) is 11.0. The minimum atomic E-state index is 0.547. The van der Waals surface area contributed by atoms with Crippen LogP contribution in [0.15, 0.2) is 36.4 Å². The number of hydrogen-bond donors (Lipinski definition) is 3. The molecule has 3 aromatic rings. The van der Waals surface area contributed by atoms with E-state index in [9.17, 15) is 0 Å². The monoisotopic (exact) mass is 258 g/mol. The van der Waals surface area contributed by atoms with Gasteiger partial charge in [-0.2, -0.15) is 0 Å². The van der Waals surface area contributed by atoms with Crippen LogP contribution in [0.4, 0.5) is 11.4 Å². The molecule has 0 radical (unpaired) electrons. The summed E-state index contributed by atoms with van der Waals surface area (Å²) < 4.78 is 0. The second kappa shape index (κ2) is 3.92. The predicted octanol–water partition coefficient (Wildman–Crippen LogP) is 3.05. The Kier molecular flexibility index (Phi) is 2.38. The quantitative estimate of drug-likeness (QED) is 0.587. The number of nitrogen functional groups attached to an aromatic ring is 2. The first-order valence-electron chi connectivity index (χ1n) is 5.44. The van der Waals surface area contributed by atoms with E-state index in [1.807, 2.05) is 24.3 Å². The van der Waals surface area contributed by atoms with E-state index in [0.717, 1.165) is 22.4 Å². The molecule has 0 aliphatic heterocycles. The van der Waals surface area contributed by atoms with Crippen molar-refractivity contribution in [3.8, 4) is 11.4 Å². The number of nitrogens with two attached hydrogens (primary N) is 2. The Balaban J connectivity index is 2.16. The van der Waals surface area contributed by atoms with Crippen LogP contribution in [0.5, 0.6) is 0 Å². The van der Waals surface area contributed by atoms with Gasteiger partial charge in [-0.3, -0.25) is 0 Å². The van der Waals surface area contributed by atoms with Crippen molar-refractivity contribution in [2.24, 2.45) is 0 Å². The van der Waals surface area contributed by atoms with Gasteiger partial charge >= 0.3 is 0 Å². The van der Waals surface area contributed by atoms with Gasteiger partial charge in [0.15, 0.2) is 0 Å². The summed E-state index contributed by atoms with van der Waals surface area (Å²) >= 11 is 5.93. The van der Waals surface area contributed by atoms with E-state index < -0.39 is 0 Å². The van der Waals surface area contributed by atoms with E-state index in [1.54, 1.807) is 12.1 Å². The van der Waals surface area contributed by atoms with E-state index in [4.69, 9.17) is 23.1 Å². The van der Waals surface area contributed by atoms with E-state index >= 15 is 0 Å². The van der Waals surface area contributed by atoms with Crippen molar-refractivity contribution in [2.75, 3.05) is 11.5 Å². The van der Waals surface area contributed by atoms with Gasteiger partial charge in [0.1, 0.15) is 5.82 Å². The maximum Gasteiger partial charge on any atom is 0.138 e. The van der Waals surface area contributed by atoms with Crippen LogP contribution in [0.1, 0.15) is 0 Å². The average molecular weight is 259 g/mol. The zero-order chi connectivity index (χ0) is 12.7. The molecule has 0 saturated carbocycles. The number of fused-ring (bicyclic) bond motifs is 1. The number of nitrogens with zero attached hydrogens (tertiary/aromatic N) is 1. The fourth-order valence-electron chi connectivity index (χ4n) is 1.84. The zero-order valence-electron chi connectivity index (χ0n) is 9.44. The molecule has 0 unspecified atom stereocenters. The number of aromatic nitrogens is 2. The van der Waals surface area contributed by atoms with Gasteiger partial charge in [-0.05, 0) is 36.4 Å². The van der Waals surface area contributed by atoms with Crippen molar-refractivity contribution < 1.29 is 0 Å². The largest absolute Gasteiger partial charge is 0.397 e. The Morgan fingerprint density at radius 3 is 2.61 bits per heavy atom. The molecule has 4 nitrogen and oxygen atoms in total. The second-order valence-electron chi connectivity index (χ2n) is 4.09. The lowest BCUT2D eigenvalue weighted by Gasteiger charge is -2.01. The third-order valence-electron chi connectivity index (χ3n) is 2.81. The third kappa shape index (κ3) is 1.76. The summed E-state index contributed by atoms with van der Waals surface area (Å²) in [5, 5.41) is 0.664. The van der Waals surface area contributed by atoms with Crippen molar-refractivity contribution in [1.82, 2.24) is 9.97 Å². The van der Waals surface area contributed by atoms with Crippen LogP contribution in [0.25, 0.3) is 22.4 Å². The molecule has 0 atom stereocenters. The summed E-state index contributed by atoms with van der Waals surface area (Å²) in [5.41, 5.74) is 15.3. The molecule has 5 N–H and O–H groups in total. The minimum absolute atomic E-state index is 0.547. The number of halogens is 1. The zero-order valence-corrected chi connectivity index (χ0v) is 10.2. The molecule has 3 rings (SSSR count). The number of anilines is 2. The van der Waals surface area contributed by atoms with Gasteiger partial charge in [-0.25, -0.2) is 4.98 Å². The molecule has 0 aliphatic rings. The Hall–Kier alpha value is -2.20. The van der Waals surface area contributed by atoms with E-state index in [-0.39, 0.29) is 0 Å². The number of H-pyrrole nitrogens is 1. The molecule has 1 aromatic heterocycles. The molecule has 1 heterocycles. The highest BCUT2D eigenvalue weighted by atomic mass is 35.5. The van der Waals surface area contributed by atoms with Gasteiger partial charge in [0.25, 0.3) is 0 Å². The Bertz CT molecular complexity index is 733. The van der Waals surface area contributed by atoms with E-state index in [0.29, 0.717) is 16.4 Å². The summed E-state index contributed by atoms with van der Waals surface area (Å²) in [6.45, 7) is 0. The van der Waals surface area contributed by atoms with Crippen LogP contribution in [-0.4, -0.2) is 9.97 Å². The van der Waals surface area contributed by atoms with E-state index in [2.05, 4.69) is 9.97 Å². The number of aromatic amines is 1. The van der Waals surface area contributed by atoms with Crippen LogP contribution in [0.3, 0.4) is 0 Å². The Morgan fingerprint density at radius 2 is 1.83 bits per heavy atom.